The molecule has 0 aliphatic carbocycles. The summed E-state index contributed by atoms with van der Waals surface area (Å²) in [4.78, 5) is 27.4. The van der Waals surface area contributed by atoms with Crippen LogP contribution in [0.4, 0.5) is 0 Å². The Bertz CT molecular complexity index is 663. The number of benzene rings is 1. The van der Waals surface area contributed by atoms with Crippen LogP contribution in [0.5, 0.6) is 5.75 Å². The molecule has 1 aromatic rings. The van der Waals surface area contributed by atoms with Crippen LogP contribution in [0.25, 0.3) is 0 Å². The van der Waals surface area contributed by atoms with Gasteiger partial charge in [0.15, 0.2) is 0 Å². The fourth-order valence-corrected chi connectivity index (χ4v) is 4.02. The maximum atomic E-state index is 13.0. The first-order valence-corrected chi connectivity index (χ1v) is 10.1. The third-order valence-corrected chi connectivity index (χ3v) is 6.07. The molecule has 2 saturated heterocycles. The van der Waals surface area contributed by atoms with Crippen molar-refractivity contribution in [3.63, 3.8) is 0 Å². The molecule has 1 aromatic carbocycles. The Hall–Kier alpha value is -2.12. The molecule has 2 aliphatic rings. The Morgan fingerprint density at radius 1 is 1.21 bits per heavy atom. The van der Waals surface area contributed by atoms with Gasteiger partial charge in [-0.25, -0.2) is 0 Å². The van der Waals surface area contributed by atoms with Crippen molar-refractivity contribution < 1.29 is 19.1 Å². The molecule has 3 N–H and O–H groups in total. The maximum absolute atomic E-state index is 13.0. The molecular weight excluding hydrogens is 358 g/mol. The molecule has 2 amide bonds. The van der Waals surface area contributed by atoms with Crippen molar-refractivity contribution in [1.82, 2.24) is 10.2 Å². The molecule has 2 heterocycles. The lowest BCUT2D eigenvalue weighted by molar-refractivity contribution is -0.149. The van der Waals surface area contributed by atoms with Crippen LogP contribution in [0.1, 0.15) is 31.2 Å². The van der Waals surface area contributed by atoms with Gasteiger partial charge in [0.25, 0.3) is 0 Å². The largest absolute Gasteiger partial charge is 0.497 e. The molecule has 0 bridgehead atoms. The first-order valence-electron chi connectivity index (χ1n) is 10.1. The van der Waals surface area contributed by atoms with Gasteiger partial charge in [0, 0.05) is 45.3 Å². The number of methoxy groups -OCH3 is 1. The van der Waals surface area contributed by atoms with Crippen molar-refractivity contribution in [1.29, 1.82) is 0 Å². The minimum atomic E-state index is -0.484. The zero-order valence-corrected chi connectivity index (χ0v) is 16.6. The van der Waals surface area contributed by atoms with E-state index in [0.717, 1.165) is 11.3 Å². The van der Waals surface area contributed by atoms with Crippen molar-refractivity contribution in [2.75, 3.05) is 40.0 Å². The Balaban J connectivity index is 1.47. The van der Waals surface area contributed by atoms with Gasteiger partial charge in [0.2, 0.25) is 11.8 Å². The Labute approximate surface area is 166 Å². The summed E-state index contributed by atoms with van der Waals surface area (Å²) in [5.41, 5.74) is 6.51. The Morgan fingerprint density at radius 2 is 1.86 bits per heavy atom. The number of carbonyl (C=O) groups excluding carboxylic acids is 2. The molecule has 0 unspecified atom stereocenters. The summed E-state index contributed by atoms with van der Waals surface area (Å²) in [7, 11) is 1.63. The van der Waals surface area contributed by atoms with E-state index in [1.807, 2.05) is 29.2 Å². The van der Waals surface area contributed by atoms with E-state index in [9.17, 15) is 9.59 Å². The zero-order chi connectivity index (χ0) is 20.0. The van der Waals surface area contributed by atoms with E-state index in [-0.39, 0.29) is 17.7 Å². The highest BCUT2D eigenvalue weighted by Crippen LogP contribution is 2.33. The van der Waals surface area contributed by atoms with Gasteiger partial charge in [-0.3, -0.25) is 9.59 Å². The fourth-order valence-electron chi connectivity index (χ4n) is 4.02. The monoisotopic (exact) mass is 389 g/mol. The molecule has 0 radical (unpaired) electrons. The van der Waals surface area contributed by atoms with Crippen LogP contribution in [0.3, 0.4) is 0 Å². The van der Waals surface area contributed by atoms with Gasteiger partial charge < -0.3 is 25.4 Å². The number of amides is 2. The number of nitrogens with two attached hydrogens (primary N) is 1. The summed E-state index contributed by atoms with van der Waals surface area (Å²) in [5.74, 6) is 0.940. The van der Waals surface area contributed by atoms with Gasteiger partial charge in [-0.1, -0.05) is 12.1 Å². The molecule has 7 nitrogen and oxygen atoms in total. The van der Waals surface area contributed by atoms with Crippen molar-refractivity contribution in [3.05, 3.63) is 29.8 Å². The number of piperidine rings is 1. The maximum Gasteiger partial charge on any atom is 0.230 e. The van der Waals surface area contributed by atoms with Gasteiger partial charge in [0.05, 0.1) is 12.5 Å². The van der Waals surface area contributed by atoms with E-state index in [4.69, 9.17) is 15.2 Å². The van der Waals surface area contributed by atoms with Gasteiger partial charge in [0.1, 0.15) is 5.75 Å². The molecule has 0 aromatic heterocycles. The first-order chi connectivity index (χ1) is 13.6. The van der Waals surface area contributed by atoms with E-state index >= 15 is 0 Å². The highest BCUT2D eigenvalue weighted by Gasteiger charge is 2.42. The third-order valence-electron chi connectivity index (χ3n) is 6.07. The van der Waals surface area contributed by atoms with Crippen molar-refractivity contribution in [2.24, 2.45) is 17.1 Å². The highest BCUT2D eigenvalue weighted by atomic mass is 16.5. The molecule has 2 fully saturated rings. The van der Waals surface area contributed by atoms with E-state index in [1.54, 1.807) is 7.11 Å². The average molecular weight is 389 g/mol. The second-order valence-corrected chi connectivity index (χ2v) is 7.73. The SMILES string of the molecule is COc1ccc(CNC(=O)C2CCN(C(=O)C3(CN)CCOCC3)CC2)cc1. The van der Waals surface area contributed by atoms with Crippen LogP contribution >= 0.6 is 0 Å². The summed E-state index contributed by atoms with van der Waals surface area (Å²) in [5, 5.41) is 3.01. The van der Waals surface area contributed by atoms with Crippen LogP contribution in [0.15, 0.2) is 24.3 Å². The molecule has 7 heteroatoms. The van der Waals surface area contributed by atoms with Gasteiger partial charge in [-0.05, 0) is 43.4 Å². The van der Waals surface area contributed by atoms with Crippen LogP contribution < -0.4 is 15.8 Å². The Kier molecular flexibility index (Phi) is 6.91. The minimum Gasteiger partial charge on any atom is -0.497 e. The van der Waals surface area contributed by atoms with Crippen LogP contribution in [0.2, 0.25) is 0 Å². The molecule has 3 rings (SSSR count). The van der Waals surface area contributed by atoms with Crippen LogP contribution in [-0.2, 0) is 20.9 Å². The van der Waals surface area contributed by atoms with Gasteiger partial charge >= 0.3 is 0 Å². The summed E-state index contributed by atoms with van der Waals surface area (Å²) >= 11 is 0. The van der Waals surface area contributed by atoms with Crippen LogP contribution in [0, 0.1) is 11.3 Å². The smallest absolute Gasteiger partial charge is 0.230 e. The molecule has 28 heavy (non-hydrogen) atoms. The lowest BCUT2D eigenvalue weighted by Gasteiger charge is -2.41. The highest BCUT2D eigenvalue weighted by molar-refractivity contribution is 5.84. The number of rotatable bonds is 6. The molecule has 154 valence electrons. The topological polar surface area (TPSA) is 93.9 Å². The number of hydrogen-bond donors (Lipinski definition) is 2. The Morgan fingerprint density at radius 3 is 2.43 bits per heavy atom. The van der Waals surface area contributed by atoms with Crippen LogP contribution in [-0.4, -0.2) is 56.7 Å². The summed E-state index contributed by atoms with van der Waals surface area (Å²) < 4.78 is 10.5. The summed E-state index contributed by atoms with van der Waals surface area (Å²) in [6.45, 7) is 3.26. The summed E-state index contributed by atoms with van der Waals surface area (Å²) in [6.07, 6.45) is 2.75. The number of carbonyl (C=O) groups is 2. The normalized spacial score (nSPS) is 19.9. The number of ether oxygens (including phenoxy) is 2. The van der Waals surface area contributed by atoms with Crippen molar-refractivity contribution in [2.45, 2.75) is 32.2 Å². The molecule has 0 spiro atoms. The third kappa shape index (κ3) is 4.64. The minimum absolute atomic E-state index is 0.0502. The lowest BCUT2D eigenvalue weighted by Crippen LogP contribution is -2.53. The first kappa shape index (κ1) is 20.6. The van der Waals surface area contributed by atoms with Crippen molar-refractivity contribution >= 4 is 11.8 Å². The number of nitrogens with zero attached hydrogens (tertiary/aromatic N) is 1. The van der Waals surface area contributed by atoms with E-state index in [1.165, 1.54) is 0 Å². The molecular formula is C21H31N3O4. The van der Waals surface area contributed by atoms with E-state index < -0.39 is 5.41 Å². The second-order valence-electron chi connectivity index (χ2n) is 7.73. The number of hydrogen-bond acceptors (Lipinski definition) is 5. The second kappa shape index (κ2) is 9.39. The van der Waals surface area contributed by atoms with E-state index in [2.05, 4.69) is 5.32 Å². The predicted octanol–water partition coefficient (Wildman–Crippen LogP) is 1.31. The van der Waals surface area contributed by atoms with E-state index in [0.29, 0.717) is 65.1 Å². The number of nitrogens with one attached hydrogen (secondary N) is 1. The van der Waals surface area contributed by atoms with Crippen molar-refractivity contribution in [3.8, 4) is 5.75 Å². The van der Waals surface area contributed by atoms with Gasteiger partial charge in [-0.2, -0.15) is 0 Å². The van der Waals surface area contributed by atoms with Gasteiger partial charge in [-0.15, -0.1) is 0 Å². The number of likely N-dealkylation sites (tertiary alicyclic amines) is 1. The molecule has 0 atom stereocenters. The molecule has 2 aliphatic heterocycles. The average Bonchev–Trinajstić information content (AvgIpc) is 2.77. The zero-order valence-electron chi connectivity index (χ0n) is 16.6. The molecule has 0 saturated carbocycles. The summed E-state index contributed by atoms with van der Waals surface area (Å²) in [6, 6.07) is 7.66. The fraction of sp³-hybridized carbons (Fsp3) is 0.619. The predicted molar refractivity (Wildman–Crippen MR) is 106 cm³/mol. The standard InChI is InChI=1S/C21H31N3O4/c1-27-18-4-2-16(3-5-18)14-23-19(25)17-6-10-24(11-7-17)20(26)21(15-22)8-12-28-13-9-21/h2-5,17H,6-15,22H2,1H3,(H,23,25). The lowest BCUT2D eigenvalue weighted by atomic mass is 9.78. The quantitative estimate of drug-likeness (QED) is 0.765.